The summed E-state index contributed by atoms with van der Waals surface area (Å²) in [5.41, 5.74) is 1.56. The first-order valence-electron chi connectivity index (χ1n) is 7.37. The molecule has 1 aliphatic rings. The zero-order chi connectivity index (χ0) is 13.9. The van der Waals surface area contributed by atoms with Gasteiger partial charge in [-0.3, -0.25) is 0 Å². The van der Waals surface area contributed by atoms with E-state index >= 15 is 0 Å². The van der Waals surface area contributed by atoms with E-state index in [4.69, 9.17) is 4.42 Å². The summed E-state index contributed by atoms with van der Waals surface area (Å²) < 4.78 is 6.76. The van der Waals surface area contributed by atoms with Gasteiger partial charge < -0.3 is 9.73 Å². The van der Waals surface area contributed by atoms with Crippen LogP contribution >= 0.6 is 27.3 Å². The third-order valence-electron chi connectivity index (χ3n) is 3.81. The molecular formula is C16H20BrNOS. The lowest BCUT2D eigenvalue weighted by Gasteiger charge is -2.15. The first kappa shape index (κ1) is 14.4. The molecule has 108 valence electrons. The van der Waals surface area contributed by atoms with Gasteiger partial charge in [0.2, 0.25) is 0 Å². The summed E-state index contributed by atoms with van der Waals surface area (Å²) in [4.78, 5) is 2.97. The molecule has 1 N–H and O–H groups in total. The van der Waals surface area contributed by atoms with E-state index in [1.807, 2.05) is 17.4 Å². The van der Waals surface area contributed by atoms with E-state index in [0.717, 1.165) is 23.2 Å². The fraction of sp³-hybridized carbons (Fsp3) is 0.500. The van der Waals surface area contributed by atoms with Crippen molar-refractivity contribution >= 4 is 27.3 Å². The molecule has 2 nitrogen and oxygen atoms in total. The zero-order valence-electron chi connectivity index (χ0n) is 11.7. The van der Waals surface area contributed by atoms with E-state index in [2.05, 4.69) is 34.2 Å². The molecular weight excluding hydrogens is 334 g/mol. The molecule has 0 aromatic carbocycles. The fourth-order valence-electron chi connectivity index (χ4n) is 2.78. The van der Waals surface area contributed by atoms with Gasteiger partial charge in [-0.05, 0) is 72.3 Å². The summed E-state index contributed by atoms with van der Waals surface area (Å²) >= 11 is 5.56. The van der Waals surface area contributed by atoms with Crippen LogP contribution in [-0.2, 0) is 12.8 Å². The van der Waals surface area contributed by atoms with Gasteiger partial charge in [-0.25, -0.2) is 0 Å². The summed E-state index contributed by atoms with van der Waals surface area (Å²) in [5.74, 6) is 0.997. The second-order valence-electron chi connectivity index (χ2n) is 5.32. The van der Waals surface area contributed by atoms with Crippen molar-refractivity contribution in [3.05, 3.63) is 43.9 Å². The number of thiophene rings is 1. The number of aryl methyl sites for hydroxylation is 2. The summed E-state index contributed by atoms with van der Waals surface area (Å²) in [6, 6.07) is 4.54. The van der Waals surface area contributed by atoms with Gasteiger partial charge in [0.25, 0.3) is 0 Å². The lowest BCUT2D eigenvalue weighted by atomic mass is 9.98. The molecule has 3 rings (SSSR count). The zero-order valence-corrected chi connectivity index (χ0v) is 14.1. The summed E-state index contributed by atoms with van der Waals surface area (Å²) in [6.07, 6.45) is 8.05. The minimum atomic E-state index is 0.176. The van der Waals surface area contributed by atoms with Gasteiger partial charge in [-0.2, -0.15) is 0 Å². The van der Waals surface area contributed by atoms with E-state index < -0.39 is 0 Å². The third kappa shape index (κ3) is 2.87. The van der Waals surface area contributed by atoms with Crippen LogP contribution in [0.15, 0.2) is 27.3 Å². The molecule has 0 spiro atoms. The Kier molecular flexibility index (Phi) is 4.64. The van der Waals surface area contributed by atoms with Crippen molar-refractivity contribution in [3.8, 4) is 0 Å². The van der Waals surface area contributed by atoms with Crippen LogP contribution in [0.4, 0.5) is 0 Å². The Balaban J connectivity index is 1.92. The van der Waals surface area contributed by atoms with Crippen molar-refractivity contribution in [2.45, 2.75) is 45.1 Å². The Morgan fingerprint density at radius 2 is 2.25 bits per heavy atom. The number of halogens is 1. The molecule has 1 atom stereocenters. The average molecular weight is 354 g/mol. The highest BCUT2D eigenvalue weighted by Gasteiger charge is 2.23. The molecule has 0 radical (unpaired) electrons. The SMILES string of the molecule is CCCNC(c1cc2c(s1)CCCC2)c1occc1Br. The van der Waals surface area contributed by atoms with Crippen LogP contribution < -0.4 is 5.32 Å². The van der Waals surface area contributed by atoms with E-state index in [1.165, 1.54) is 30.6 Å². The minimum absolute atomic E-state index is 0.176. The number of fused-ring (bicyclic) bond motifs is 1. The molecule has 0 amide bonds. The van der Waals surface area contributed by atoms with Gasteiger partial charge in [-0.1, -0.05) is 6.92 Å². The van der Waals surface area contributed by atoms with Crippen LogP contribution in [0.3, 0.4) is 0 Å². The quantitative estimate of drug-likeness (QED) is 0.811. The van der Waals surface area contributed by atoms with Crippen LogP contribution in [0.25, 0.3) is 0 Å². The van der Waals surface area contributed by atoms with Crippen LogP contribution in [-0.4, -0.2) is 6.54 Å². The average Bonchev–Trinajstić information content (AvgIpc) is 3.06. The predicted octanol–water partition coefficient (Wildman–Crippen LogP) is 5.07. The second-order valence-corrected chi connectivity index (χ2v) is 7.35. The summed E-state index contributed by atoms with van der Waals surface area (Å²) in [5, 5.41) is 3.62. The first-order valence-corrected chi connectivity index (χ1v) is 8.98. The third-order valence-corrected chi connectivity index (χ3v) is 5.76. The van der Waals surface area contributed by atoms with Crippen molar-refractivity contribution in [2.24, 2.45) is 0 Å². The molecule has 2 heterocycles. The first-order chi connectivity index (χ1) is 9.79. The number of hydrogen-bond donors (Lipinski definition) is 1. The molecule has 1 unspecified atom stereocenters. The van der Waals surface area contributed by atoms with Gasteiger partial charge in [0.1, 0.15) is 11.8 Å². The van der Waals surface area contributed by atoms with E-state index in [-0.39, 0.29) is 6.04 Å². The van der Waals surface area contributed by atoms with Crippen LogP contribution in [0.1, 0.15) is 53.3 Å². The van der Waals surface area contributed by atoms with E-state index in [9.17, 15) is 0 Å². The molecule has 4 heteroatoms. The van der Waals surface area contributed by atoms with Gasteiger partial charge in [-0.15, -0.1) is 11.3 Å². The minimum Gasteiger partial charge on any atom is -0.466 e. The summed E-state index contributed by atoms with van der Waals surface area (Å²) in [6.45, 7) is 3.20. The lowest BCUT2D eigenvalue weighted by Crippen LogP contribution is -2.22. The Hall–Kier alpha value is -0.580. The van der Waals surface area contributed by atoms with Crippen molar-refractivity contribution < 1.29 is 4.42 Å². The molecule has 0 bridgehead atoms. The largest absolute Gasteiger partial charge is 0.466 e. The molecule has 0 saturated heterocycles. The number of furan rings is 1. The van der Waals surface area contributed by atoms with Crippen molar-refractivity contribution in [1.29, 1.82) is 0 Å². The standard InChI is InChI=1S/C16H20BrNOS/c1-2-8-18-15(16-12(17)7-9-19-16)14-10-11-5-3-4-6-13(11)20-14/h7,9-10,15,18H,2-6,8H2,1H3. The molecule has 20 heavy (non-hydrogen) atoms. The molecule has 1 aliphatic carbocycles. The smallest absolute Gasteiger partial charge is 0.140 e. The Labute approximate surface area is 132 Å². The molecule has 2 aromatic rings. The van der Waals surface area contributed by atoms with E-state index in [0.29, 0.717) is 0 Å². The maximum absolute atomic E-state index is 5.71. The Bertz CT molecular complexity index is 551. The molecule has 2 aromatic heterocycles. The highest BCUT2D eigenvalue weighted by Crippen LogP contribution is 2.37. The van der Waals surface area contributed by atoms with Crippen LogP contribution in [0.5, 0.6) is 0 Å². The van der Waals surface area contributed by atoms with Gasteiger partial charge in [0, 0.05) is 9.75 Å². The second kappa shape index (κ2) is 6.46. The Morgan fingerprint density at radius 1 is 1.40 bits per heavy atom. The Morgan fingerprint density at radius 3 is 2.95 bits per heavy atom. The topological polar surface area (TPSA) is 25.2 Å². The maximum atomic E-state index is 5.71. The summed E-state index contributed by atoms with van der Waals surface area (Å²) in [7, 11) is 0. The van der Waals surface area contributed by atoms with Crippen LogP contribution in [0.2, 0.25) is 0 Å². The number of hydrogen-bond acceptors (Lipinski definition) is 3. The maximum Gasteiger partial charge on any atom is 0.140 e. The van der Waals surface area contributed by atoms with Crippen molar-refractivity contribution in [2.75, 3.05) is 6.54 Å². The van der Waals surface area contributed by atoms with Gasteiger partial charge in [0.15, 0.2) is 0 Å². The van der Waals surface area contributed by atoms with E-state index in [1.54, 1.807) is 16.7 Å². The molecule has 0 aliphatic heterocycles. The van der Waals surface area contributed by atoms with Gasteiger partial charge >= 0.3 is 0 Å². The monoisotopic (exact) mass is 353 g/mol. The highest BCUT2D eigenvalue weighted by atomic mass is 79.9. The van der Waals surface area contributed by atoms with Crippen molar-refractivity contribution in [1.82, 2.24) is 5.32 Å². The number of rotatable bonds is 5. The van der Waals surface area contributed by atoms with Gasteiger partial charge in [0.05, 0.1) is 10.7 Å². The normalized spacial score (nSPS) is 16.1. The number of nitrogens with one attached hydrogen (secondary N) is 1. The molecule has 0 fully saturated rings. The molecule has 0 saturated carbocycles. The fourth-order valence-corrected chi connectivity index (χ4v) is 4.54. The predicted molar refractivity (Wildman–Crippen MR) is 87.5 cm³/mol. The highest BCUT2D eigenvalue weighted by molar-refractivity contribution is 9.10. The van der Waals surface area contributed by atoms with Crippen LogP contribution in [0, 0.1) is 0 Å². The lowest BCUT2D eigenvalue weighted by molar-refractivity contribution is 0.447. The van der Waals surface area contributed by atoms with Crippen molar-refractivity contribution in [3.63, 3.8) is 0 Å².